The van der Waals surface area contributed by atoms with Crippen molar-refractivity contribution in [2.75, 3.05) is 45.1 Å². The predicted octanol–water partition coefficient (Wildman–Crippen LogP) is 2.43. The molecule has 2 aromatic carbocycles. The fourth-order valence-corrected chi connectivity index (χ4v) is 3.43. The van der Waals surface area contributed by atoms with Crippen molar-refractivity contribution in [3.8, 4) is 0 Å². The van der Waals surface area contributed by atoms with Gasteiger partial charge < -0.3 is 10.2 Å². The third-order valence-electron chi connectivity index (χ3n) is 5.51. The Morgan fingerprint density at radius 3 is 2.30 bits per heavy atom. The van der Waals surface area contributed by atoms with Gasteiger partial charge in [0.15, 0.2) is 0 Å². The number of likely N-dealkylation sites (N-methyl/N-ethyl adjacent to an activating group) is 1. The van der Waals surface area contributed by atoms with E-state index in [2.05, 4.69) is 22.3 Å². The minimum Gasteiger partial charge on any atom is -0.339 e. The molecule has 0 aliphatic carbocycles. The lowest BCUT2D eigenvalue weighted by atomic mass is 10.2. The van der Waals surface area contributed by atoms with Gasteiger partial charge in [-0.3, -0.25) is 19.4 Å². The number of nitrogens with zero attached hydrogens (tertiary/aromatic N) is 3. The Kier molecular flexibility index (Phi) is 7.54. The van der Waals surface area contributed by atoms with Crippen molar-refractivity contribution in [2.24, 2.45) is 0 Å². The first-order valence-corrected chi connectivity index (χ1v) is 10.2. The zero-order chi connectivity index (χ0) is 21.5. The number of piperazine rings is 1. The number of carbonyl (C=O) groups excluding carboxylic acids is 2. The Hall–Kier alpha value is -2.77. The molecule has 0 saturated carbocycles. The van der Waals surface area contributed by atoms with E-state index in [1.54, 1.807) is 18.9 Å². The number of amides is 2. The lowest BCUT2D eigenvalue weighted by molar-refractivity contribution is -0.135. The number of halogens is 1. The first-order chi connectivity index (χ1) is 14.4. The summed E-state index contributed by atoms with van der Waals surface area (Å²) in [7, 11) is 1.76. The number of hydrogen-bond acceptors (Lipinski definition) is 4. The van der Waals surface area contributed by atoms with Gasteiger partial charge >= 0.3 is 0 Å². The molecule has 2 aromatic rings. The predicted molar refractivity (Wildman–Crippen MR) is 115 cm³/mol. The van der Waals surface area contributed by atoms with E-state index in [1.807, 2.05) is 23.1 Å². The number of nitrogens with one attached hydrogen (secondary N) is 1. The van der Waals surface area contributed by atoms with Crippen molar-refractivity contribution in [1.29, 1.82) is 0 Å². The van der Waals surface area contributed by atoms with Gasteiger partial charge in [-0.25, -0.2) is 4.39 Å². The number of anilines is 1. The standard InChI is InChI=1S/C23H29FN4O2/c1-18(23(30)25-21-10-8-20(24)9-11-21)26(2)17-22(29)28-14-12-27(13-15-28)16-19-6-4-3-5-7-19/h3-11,18H,12-17H2,1-2H3,(H,25,30)/t18-/m0/s1. The van der Waals surface area contributed by atoms with Crippen molar-refractivity contribution in [2.45, 2.75) is 19.5 Å². The highest BCUT2D eigenvalue weighted by Crippen LogP contribution is 2.11. The van der Waals surface area contributed by atoms with E-state index in [9.17, 15) is 14.0 Å². The van der Waals surface area contributed by atoms with Crippen LogP contribution in [0.25, 0.3) is 0 Å². The maximum Gasteiger partial charge on any atom is 0.241 e. The number of rotatable bonds is 7. The number of benzene rings is 2. The zero-order valence-corrected chi connectivity index (χ0v) is 17.6. The Morgan fingerprint density at radius 1 is 1.03 bits per heavy atom. The normalized spacial score (nSPS) is 15.8. The van der Waals surface area contributed by atoms with Gasteiger partial charge in [0.25, 0.3) is 0 Å². The molecule has 0 radical (unpaired) electrons. The lowest BCUT2D eigenvalue weighted by Gasteiger charge is -2.36. The molecule has 0 aromatic heterocycles. The molecule has 30 heavy (non-hydrogen) atoms. The quantitative estimate of drug-likeness (QED) is 0.759. The summed E-state index contributed by atoms with van der Waals surface area (Å²) in [5.41, 5.74) is 1.81. The highest BCUT2D eigenvalue weighted by molar-refractivity contribution is 5.94. The Morgan fingerprint density at radius 2 is 1.67 bits per heavy atom. The van der Waals surface area contributed by atoms with Crippen LogP contribution in [0.2, 0.25) is 0 Å². The molecule has 7 heteroatoms. The van der Waals surface area contributed by atoms with E-state index in [1.165, 1.54) is 29.8 Å². The molecule has 1 aliphatic heterocycles. The van der Waals surface area contributed by atoms with E-state index in [0.29, 0.717) is 18.8 Å². The Balaban J connectivity index is 1.43. The molecule has 160 valence electrons. The highest BCUT2D eigenvalue weighted by Gasteiger charge is 2.25. The topological polar surface area (TPSA) is 55.9 Å². The van der Waals surface area contributed by atoms with Gasteiger partial charge in [-0.15, -0.1) is 0 Å². The Bertz CT molecular complexity index is 836. The fraction of sp³-hybridized carbons (Fsp3) is 0.391. The summed E-state index contributed by atoms with van der Waals surface area (Å²) in [5.74, 6) is -0.560. The minimum absolute atomic E-state index is 0.0262. The molecule has 1 saturated heterocycles. The summed E-state index contributed by atoms with van der Waals surface area (Å²) in [4.78, 5) is 31.1. The lowest BCUT2D eigenvalue weighted by Crippen LogP contribution is -2.52. The maximum absolute atomic E-state index is 13.0. The van der Waals surface area contributed by atoms with E-state index in [4.69, 9.17) is 0 Å². The van der Waals surface area contributed by atoms with Crippen LogP contribution in [0.3, 0.4) is 0 Å². The molecule has 1 N–H and O–H groups in total. The van der Waals surface area contributed by atoms with Gasteiger partial charge in [-0.2, -0.15) is 0 Å². The second-order valence-corrected chi connectivity index (χ2v) is 7.73. The number of carbonyl (C=O) groups is 2. The summed E-state index contributed by atoms with van der Waals surface area (Å²) in [6.45, 7) is 5.88. The molecule has 1 heterocycles. The van der Waals surface area contributed by atoms with Crippen LogP contribution in [0.15, 0.2) is 54.6 Å². The average molecular weight is 413 g/mol. The summed E-state index contributed by atoms with van der Waals surface area (Å²) in [5, 5.41) is 2.75. The largest absolute Gasteiger partial charge is 0.339 e. The van der Waals surface area contributed by atoms with Gasteiger partial charge in [-0.1, -0.05) is 30.3 Å². The monoisotopic (exact) mass is 412 g/mol. The molecule has 1 fully saturated rings. The van der Waals surface area contributed by atoms with Crippen molar-refractivity contribution in [3.63, 3.8) is 0 Å². The van der Waals surface area contributed by atoms with E-state index < -0.39 is 6.04 Å². The van der Waals surface area contributed by atoms with Crippen LogP contribution in [0, 0.1) is 5.82 Å². The smallest absolute Gasteiger partial charge is 0.241 e. The zero-order valence-electron chi connectivity index (χ0n) is 17.6. The van der Waals surface area contributed by atoms with Gasteiger partial charge in [0.05, 0.1) is 12.6 Å². The van der Waals surface area contributed by atoms with Gasteiger partial charge in [0.1, 0.15) is 5.82 Å². The Labute approximate surface area is 177 Å². The molecule has 0 unspecified atom stereocenters. The van der Waals surface area contributed by atoms with Crippen LogP contribution >= 0.6 is 0 Å². The second-order valence-electron chi connectivity index (χ2n) is 7.73. The SMILES string of the molecule is C[C@@H](C(=O)Nc1ccc(F)cc1)N(C)CC(=O)N1CCN(Cc2ccccc2)CC1. The molecular formula is C23H29FN4O2. The third-order valence-corrected chi connectivity index (χ3v) is 5.51. The van der Waals surface area contributed by atoms with Crippen LogP contribution < -0.4 is 5.32 Å². The van der Waals surface area contributed by atoms with E-state index in [0.717, 1.165) is 19.6 Å². The first kappa shape index (κ1) is 21.9. The molecular weight excluding hydrogens is 383 g/mol. The fourth-order valence-electron chi connectivity index (χ4n) is 3.43. The van der Waals surface area contributed by atoms with Crippen LogP contribution in [0.5, 0.6) is 0 Å². The van der Waals surface area contributed by atoms with Crippen LogP contribution in [-0.4, -0.2) is 72.3 Å². The molecule has 0 spiro atoms. The van der Waals surface area contributed by atoms with Crippen LogP contribution in [0.4, 0.5) is 10.1 Å². The average Bonchev–Trinajstić information content (AvgIpc) is 2.76. The highest BCUT2D eigenvalue weighted by atomic mass is 19.1. The van der Waals surface area contributed by atoms with Gasteiger partial charge in [0.2, 0.25) is 11.8 Å². The van der Waals surface area contributed by atoms with Gasteiger partial charge in [0, 0.05) is 38.4 Å². The van der Waals surface area contributed by atoms with Crippen molar-refractivity contribution >= 4 is 17.5 Å². The first-order valence-electron chi connectivity index (χ1n) is 10.2. The van der Waals surface area contributed by atoms with Gasteiger partial charge in [-0.05, 0) is 43.8 Å². The van der Waals surface area contributed by atoms with Crippen LogP contribution in [0.1, 0.15) is 12.5 Å². The summed E-state index contributed by atoms with van der Waals surface area (Å²) in [6, 6.07) is 15.5. The van der Waals surface area contributed by atoms with Crippen molar-refractivity contribution in [1.82, 2.24) is 14.7 Å². The molecule has 1 atom stereocenters. The molecule has 3 rings (SSSR count). The minimum atomic E-state index is -0.488. The number of hydrogen-bond donors (Lipinski definition) is 1. The van der Waals surface area contributed by atoms with Crippen molar-refractivity contribution in [3.05, 3.63) is 66.0 Å². The molecule has 2 amide bonds. The molecule has 1 aliphatic rings. The van der Waals surface area contributed by atoms with E-state index in [-0.39, 0.29) is 24.2 Å². The van der Waals surface area contributed by atoms with E-state index >= 15 is 0 Å². The maximum atomic E-state index is 13.0. The van der Waals surface area contributed by atoms with Crippen molar-refractivity contribution < 1.29 is 14.0 Å². The summed E-state index contributed by atoms with van der Waals surface area (Å²) >= 11 is 0. The summed E-state index contributed by atoms with van der Waals surface area (Å²) in [6.07, 6.45) is 0. The second kappa shape index (κ2) is 10.3. The summed E-state index contributed by atoms with van der Waals surface area (Å²) < 4.78 is 13.0. The molecule has 0 bridgehead atoms. The molecule has 6 nitrogen and oxygen atoms in total. The third kappa shape index (κ3) is 6.11. The van der Waals surface area contributed by atoms with Crippen LogP contribution in [-0.2, 0) is 16.1 Å².